The molecule has 0 bridgehead atoms. The second kappa shape index (κ2) is 7.27. The molecule has 4 nitrogen and oxygen atoms in total. The van der Waals surface area contributed by atoms with Crippen LogP contribution in [0.25, 0.3) is 0 Å². The first-order chi connectivity index (χ1) is 11.2. The number of alkyl halides is 2. The fourth-order valence-electron chi connectivity index (χ4n) is 1.98. The van der Waals surface area contributed by atoms with Gasteiger partial charge in [0, 0.05) is 10.6 Å². The average molecular weight is 375 g/mol. The van der Waals surface area contributed by atoms with Crippen molar-refractivity contribution in [2.45, 2.75) is 23.7 Å². The lowest BCUT2D eigenvalue weighted by Crippen LogP contribution is -2.12. The van der Waals surface area contributed by atoms with E-state index < -0.39 is 32.6 Å². The van der Waals surface area contributed by atoms with E-state index in [1.165, 1.54) is 0 Å². The molecule has 0 aliphatic rings. The molecule has 0 radical (unpaired) electrons. The molecule has 8 heteroatoms. The summed E-state index contributed by atoms with van der Waals surface area (Å²) in [6, 6.07) is 11.0. The SMILES string of the molecule is C[C@@H](OC(=O)c1ccc(S(=O)(=O)C(F)F)cc1)c1ccccc1Cl. The van der Waals surface area contributed by atoms with Crippen molar-refractivity contribution in [3.05, 3.63) is 64.7 Å². The van der Waals surface area contributed by atoms with Crippen molar-refractivity contribution in [3.8, 4) is 0 Å². The average Bonchev–Trinajstić information content (AvgIpc) is 2.55. The van der Waals surface area contributed by atoms with E-state index in [0.29, 0.717) is 10.6 Å². The van der Waals surface area contributed by atoms with E-state index in [-0.39, 0.29) is 5.56 Å². The van der Waals surface area contributed by atoms with Crippen LogP contribution in [0.5, 0.6) is 0 Å². The molecule has 0 saturated carbocycles. The zero-order valence-corrected chi connectivity index (χ0v) is 14.0. The predicted molar refractivity (Wildman–Crippen MR) is 84.9 cm³/mol. The Morgan fingerprint density at radius 1 is 1.08 bits per heavy atom. The van der Waals surface area contributed by atoms with Crippen molar-refractivity contribution in [3.63, 3.8) is 0 Å². The fraction of sp³-hybridized carbons (Fsp3) is 0.188. The van der Waals surface area contributed by atoms with E-state index in [2.05, 4.69) is 0 Å². The molecule has 0 unspecified atom stereocenters. The van der Waals surface area contributed by atoms with Gasteiger partial charge in [0.1, 0.15) is 6.10 Å². The van der Waals surface area contributed by atoms with E-state index in [1.807, 2.05) is 0 Å². The third kappa shape index (κ3) is 3.91. The summed E-state index contributed by atoms with van der Waals surface area (Å²) in [6.45, 7) is 1.63. The van der Waals surface area contributed by atoms with Gasteiger partial charge in [-0.3, -0.25) is 0 Å². The molecule has 128 valence electrons. The molecule has 0 saturated heterocycles. The molecule has 0 aromatic heterocycles. The Morgan fingerprint density at radius 2 is 1.67 bits per heavy atom. The van der Waals surface area contributed by atoms with Gasteiger partial charge in [-0.1, -0.05) is 29.8 Å². The van der Waals surface area contributed by atoms with Crippen LogP contribution in [-0.2, 0) is 14.6 Å². The summed E-state index contributed by atoms with van der Waals surface area (Å²) in [5.74, 6) is -4.24. The van der Waals surface area contributed by atoms with Crippen LogP contribution in [-0.4, -0.2) is 20.1 Å². The van der Waals surface area contributed by atoms with E-state index in [4.69, 9.17) is 16.3 Å². The Labute approximate surface area is 142 Å². The van der Waals surface area contributed by atoms with Crippen molar-refractivity contribution >= 4 is 27.4 Å². The first-order valence-corrected chi connectivity index (χ1v) is 8.73. The van der Waals surface area contributed by atoms with Gasteiger partial charge in [0.2, 0.25) is 9.84 Å². The highest BCUT2D eigenvalue weighted by molar-refractivity contribution is 7.91. The lowest BCUT2D eigenvalue weighted by molar-refractivity contribution is 0.0338. The van der Waals surface area contributed by atoms with E-state index in [1.54, 1.807) is 31.2 Å². The molecule has 24 heavy (non-hydrogen) atoms. The summed E-state index contributed by atoms with van der Waals surface area (Å²) < 4.78 is 52.8. The third-order valence-corrected chi connectivity index (χ3v) is 5.02. The molecular formula is C16H13ClF2O4S. The minimum atomic E-state index is -4.69. The van der Waals surface area contributed by atoms with Crippen LogP contribution in [0.1, 0.15) is 28.9 Å². The van der Waals surface area contributed by atoms with Crippen LogP contribution in [0.3, 0.4) is 0 Å². The summed E-state index contributed by atoms with van der Waals surface area (Å²) in [7, 11) is -4.69. The Hall–Kier alpha value is -1.99. The first kappa shape index (κ1) is 18.4. The van der Waals surface area contributed by atoms with Gasteiger partial charge in [0.05, 0.1) is 10.5 Å². The smallest absolute Gasteiger partial charge is 0.341 e. The number of ether oxygens (including phenoxy) is 1. The van der Waals surface area contributed by atoms with E-state index >= 15 is 0 Å². The number of hydrogen-bond donors (Lipinski definition) is 0. The summed E-state index contributed by atoms with van der Waals surface area (Å²) in [6.07, 6.45) is -0.629. The highest BCUT2D eigenvalue weighted by Gasteiger charge is 2.26. The van der Waals surface area contributed by atoms with Gasteiger partial charge < -0.3 is 4.74 Å². The standard InChI is InChI=1S/C16H13ClF2O4S/c1-10(13-4-2-3-5-14(13)17)23-15(20)11-6-8-12(9-7-11)24(21,22)16(18)19/h2-10,16H,1H3/t10-/m1/s1. The lowest BCUT2D eigenvalue weighted by atomic mass is 10.1. The van der Waals surface area contributed by atoms with Gasteiger partial charge in [-0.2, -0.15) is 8.78 Å². The van der Waals surface area contributed by atoms with Crippen LogP contribution in [0.15, 0.2) is 53.4 Å². The molecule has 0 aliphatic heterocycles. The molecule has 0 aliphatic carbocycles. The Morgan fingerprint density at radius 3 is 2.21 bits per heavy atom. The van der Waals surface area contributed by atoms with Crippen molar-refractivity contribution in [2.24, 2.45) is 0 Å². The molecule has 2 rings (SSSR count). The highest BCUT2D eigenvalue weighted by atomic mass is 35.5. The third-order valence-electron chi connectivity index (χ3n) is 3.28. The van der Waals surface area contributed by atoms with Crippen molar-refractivity contribution in [1.29, 1.82) is 0 Å². The first-order valence-electron chi connectivity index (χ1n) is 6.81. The number of halogens is 3. The predicted octanol–water partition coefficient (Wildman–Crippen LogP) is 4.25. The van der Waals surface area contributed by atoms with Crippen LogP contribution >= 0.6 is 11.6 Å². The zero-order valence-electron chi connectivity index (χ0n) is 12.4. The van der Waals surface area contributed by atoms with Crippen LogP contribution in [0.2, 0.25) is 5.02 Å². The fourth-order valence-corrected chi connectivity index (χ4v) is 2.99. The van der Waals surface area contributed by atoms with Crippen LogP contribution < -0.4 is 0 Å². The zero-order chi connectivity index (χ0) is 17.9. The van der Waals surface area contributed by atoms with Crippen molar-refractivity contribution in [1.82, 2.24) is 0 Å². The van der Waals surface area contributed by atoms with Gasteiger partial charge in [-0.15, -0.1) is 0 Å². The maximum atomic E-state index is 12.5. The van der Waals surface area contributed by atoms with Gasteiger partial charge in [-0.25, -0.2) is 13.2 Å². The summed E-state index contributed by atoms with van der Waals surface area (Å²) in [4.78, 5) is 11.5. The normalized spacial score (nSPS) is 12.9. The number of sulfone groups is 1. The quantitative estimate of drug-likeness (QED) is 0.734. The minimum absolute atomic E-state index is 0.0436. The summed E-state index contributed by atoms with van der Waals surface area (Å²) in [5, 5.41) is 0.441. The molecule has 0 amide bonds. The monoisotopic (exact) mass is 374 g/mol. The topological polar surface area (TPSA) is 60.4 Å². The molecule has 0 spiro atoms. The van der Waals surface area contributed by atoms with Crippen molar-refractivity contribution < 1.29 is 26.7 Å². The van der Waals surface area contributed by atoms with Gasteiger partial charge in [-0.05, 0) is 37.3 Å². The molecular weight excluding hydrogens is 362 g/mol. The number of benzene rings is 2. The number of esters is 1. The number of hydrogen-bond acceptors (Lipinski definition) is 4. The van der Waals surface area contributed by atoms with Crippen molar-refractivity contribution in [2.75, 3.05) is 0 Å². The highest BCUT2D eigenvalue weighted by Crippen LogP contribution is 2.26. The minimum Gasteiger partial charge on any atom is -0.454 e. The lowest BCUT2D eigenvalue weighted by Gasteiger charge is -2.15. The van der Waals surface area contributed by atoms with Crippen LogP contribution in [0, 0.1) is 0 Å². The van der Waals surface area contributed by atoms with Gasteiger partial charge >= 0.3 is 11.7 Å². The number of rotatable bonds is 5. The molecule has 0 N–H and O–H groups in total. The molecule has 0 heterocycles. The molecule has 2 aromatic carbocycles. The summed E-state index contributed by atoms with van der Waals surface area (Å²) in [5.41, 5.74) is 0.659. The van der Waals surface area contributed by atoms with Gasteiger partial charge in [0.25, 0.3) is 0 Å². The second-order valence-corrected chi connectivity index (χ2v) is 7.22. The number of carbonyl (C=O) groups excluding carboxylic acids is 1. The number of carbonyl (C=O) groups is 1. The Bertz CT molecular complexity index is 835. The van der Waals surface area contributed by atoms with Gasteiger partial charge in [0.15, 0.2) is 0 Å². The molecule has 1 atom stereocenters. The summed E-state index contributed by atoms with van der Waals surface area (Å²) >= 11 is 6.02. The second-order valence-electron chi connectivity index (χ2n) is 4.90. The Kier molecular flexibility index (Phi) is 5.56. The maximum Gasteiger partial charge on any atom is 0.341 e. The van der Waals surface area contributed by atoms with Crippen LogP contribution in [0.4, 0.5) is 8.78 Å². The maximum absolute atomic E-state index is 12.5. The molecule has 2 aromatic rings. The Balaban J connectivity index is 2.15. The van der Waals surface area contributed by atoms with E-state index in [0.717, 1.165) is 24.3 Å². The van der Waals surface area contributed by atoms with E-state index in [9.17, 15) is 22.0 Å². The largest absolute Gasteiger partial charge is 0.454 e. The molecule has 0 fully saturated rings.